The van der Waals surface area contributed by atoms with Crippen molar-refractivity contribution in [3.05, 3.63) is 53.6 Å². The molecule has 122 valence electrons. The Kier molecular flexibility index (Phi) is 5.63. The molecule has 0 amide bonds. The van der Waals surface area contributed by atoms with Crippen LogP contribution in [0.25, 0.3) is 0 Å². The van der Waals surface area contributed by atoms with Gasteiger partial charge in [0.2, 0.25) is 0 Å². The summed E-state index contributed by atoms with van der Waals surface area (Å²) in [7, 11) is 3.13. The highest BCUT2D eigenvalue weighted by Crippen LogP contribution is 2.24. The maximum Gasteiger partial charge on any atom is 0.167 e. The number of hydrogen-bond donors (Lipinski definition) is 0. The van der Waals surface area contributed by atoms with Crippen LogP contribution in [-0.4, -0.2) is 26.1 Å². The van der Waals surface area contributed by atoms with Crippen LogP contribution in [-0.2, 0) is 6.42 Å². The molecular formula is C19H22O4. The second kappa shape index (κ2) is 7.68. The Bertz CT molecular complexity index is 637. The summed E-state index contributed by atoms with van der Waals surface area (Å²) in [5.41, 5.74) is 1.51. The lowest BCUT2D eigenvalue weighted by atomic mass is 10.0. The maximum atomic E-state index is 12.5. The quantitative estimate of drug-likeness (QED) is 0.727. The number of ether oxygens (including phenoxy) is 3. The number of carbonyl (C=O) groups excluding carboxylic acids is 1. The molecule has 0 aromatic heterocycles. The molecule has 0 saturated carbocycles. The van der Waals surface area contributed by atoms with E-state index in [-0.39, 0.29) is 11.9 Å². The largest absolute Gasteiger partial charge is 0.497 e. The van der Waals surface area contributed by atoms with Gasteiger partial charge in [-0.15, -0.1) is 0 Å². The SMILES string of the molecule is COc1cc(OC)cc(C(=O)Cc2ccc(OC(C)C)cc2)c1. The van der Waals surface area contributed by atoms with Gasteiger partial charge in [-0.25, -0.2) is 0 Å². The van der Waals surface area contributed by atoms with Crippen molar-refractivity contribution in [2.75, 3.05) is 14.2 Å². The summed E-state index contributed by atoms with van der Waals surface area (Å²) in [6.07, 6.45) is 0.449. The molecule has 0 radical (unpaired) electrons. The van der Waals surface area contributed by atoms with Gasteiger partial charge in [-0.1, -0.05) is 12.1 Å². The third-order valence-electron chi connectivity index (χ3n) is 3.33. The number of benzene rings is 2. The molecule has 0 saturated heterocycles. The van der Waals surface area contributed by atoms with Gasteiger partial charge in [-0.3, -0.25) is 4.79 Å². The summed E-state index contributed by atoms with van der Waals surface area (Å²) < 4.78 is 16.0. The van der Waals surface area contributed by atoms with Crippen LogP contribution in [0, 0.1) is 0 Å². The zero-order valence-corrected chi connectivity index (χ0v) is 14.0. The Morgan fingerprint density at radius 2 is 1.48 bits per heavy atom. The zero-order valence-electron chi connectivity index (χ0n) is 14.0. The lowest BCUT2D eigenvalue weighted by molar-refractivity contribution is 0.0992. The van der Waals surface area contributed by atoms with Crippen molar-refractivity contribution in [3.63, 3.8) is 0 Å². The maximum absolute atomic E-state index is 12.5. The van der Waals surface area contributed by atoms with Crippen molar-refractivity contribution in [3.8, 4) is 17.2 Å². The van der Waals surface area contributed by atoms with Gasteiger partial charge in [-0.05, 0) is 43.7 Å². The fourth-order valence-corrected chi connectivity index (χ4v) is 2.21. The predicted molar refractivity (Wildman–Crippen MR) is 89.8 cm³/mol. The van der Waals surface area contributed by atoms with E-state index in [1.165, 1.54) is 0 Å². The van der Waals surface area contributed by atoms with Gasteiger partial charge < -0.3 is 14.2 Å². The second-order valence-electron chi connectivity index (χ2n) is 5.51. The lowest BCUT2D eigenvalue weighted by Crippen LogP contribution is -2.06. The number of rotatable bonds is 7. The number of Topliss-reactive ketones (excluding diaryl/α,β-unsaturated/α-hetero) is 1. The summed E-state index contributed by atoms with van der Waals surface area (Å²) in [6, 6.07) is 12.8. The van der Waals surface area contributed by atoms with Crippen molar-refractivity contribution in [2.24, 2.45) is 0 Å². The first-order chi connectivity index (χ1) is 11.0. The normalized spacial score (nSPS) is 10.5. The molecular weight excluding hydrogens is 292 g/mol. The minimum absolute atomic E-state index is 0.0136. The van der Waals surface area contributed by atoms with Crippen LogP contribution >= 0.6 is 0 Å². The van der Waals surface area contributed by atoms with Gasteiger partial charge in [0.25, 0.3) is 0 Å². The predicted octanol–water partition coefficient (Wildman–Crippen LogP) is 3.92. The molecule has 0 fully saturated rings. The highest BCUT2D eigenvalue weighted by Gasteiger charge is 2.11. The van der Waals surface area contributed by atoms with Crippen molar-refractivity contribution < 1.29 is 19.0 Å². The smallest absolute Gasteiger partial charge is 0.167 e. The molecule has 4 heteroatoms. The molecule has 2 aromatic carbocycles. The van der Waals surface area contributed by atoms with Crippen molar-refractivity contribution in [1.29, 1.82) is 0 Å². The van der Waals surface area contributed by atoms with Crippen molar-refractivity contribution in [1.82, 2.24) is 0 Å². The van der Waals surface area contributed by atoms with E-state index in [1.54, 1.807) is 32.4 Å². The molecule has 0 unspecified atom stereocenters. The first kappa shape index (κ1) is 16.9. The Labute approximate surface area is 137 Å². The average molecular weight is 314 g/mol. The van der Waals surface area contributed by atoms with Crippen LogP contribution in [0.2, 0.25) is 0 Å². The van der Waals surface area contributed by atoms with Gasteiger partial charge in [0.15, 0.2) is 5.78 Å². The standard InChI is InChI=1S/C19H22O4/c1-13(2)23-16-7-5-14(6-8-16)9-19(20)15-10-17(21-3)12-18(11-15)22-4/h5-8,10-13H,9H2,1-4H3. The Balaban J connectivity index is 2.12. The summed E-state index contributed by atoms with van der Waals surface area (Å²) in [6.45, 7) is 3.96. The Morgan fingerprint density at radius 3 is 1.96 bits per heavy atom. The van der Waals surface area contributed by atoms with E-state index in [9.17, 15) is 4.79 Å². The van der Waals surface area contributed by atoms with Crippen LogP contribution in [0.3, 0.4) is 0 Å². The van der Waals surface area contributed by atoms with E-state index in [2.05, 4.69) is 0 Å². The Morgan fingerprint density at radius 1 is 0.913 bits per heavy atom. The summed E-state index contributed by atoms with van der Waals surface area (Å²) in [5.74, 6) is 2.03. The molecule has 4 nitrogen and oxygen atoms in total. The number of hydrogen-bond acceptors (Lipinski definition) is 4. The number of methoxy groups -OCH3 is 2. The highest BCUT2D eigenvalue weighted by atomic mass is 16.5. The van der Waals surface area contributed by atoms with Crippen LogP contribution in [0.5, 0.6) is 17.2 Å². The van der Waals surface area contributed by atoms with Gasteiger partial charge >= 0.3 is 0 Å². The number of ketones is 1. The van der Waals surface area contributed by atoms with Crippen molar-refractivity contribution in [2.45, 2.75) is 26.4 Å². The molecule has 0 heterocycles. The van der Waals surface area contributed by atoms with E-state index in [4.69, 9.17) is 14.2 Å². The van der Waals surface area contributed by atoms with Crippen LogP contribution in [0.15, 0.2) is 42.5 Å². The van der Waals surface area contributed by atoms with Crippen molar-refractivity contribution >= 4 is 5.78 Å². The second-order valence-corrected chi connectivity index (χ2v) is 5.51. The first-order valence-electron chi connectivity index (χ1n) is 7.53. The minimum Gasteiger partial charge on any atom is -0.497 e. The molecule has 0 bridgehead atoms. The molecule has 23 heavy (non-hydrogen) atoms. The van der Waals surface area contributed by atoms with Crippen LogP contribution in [0.1, 0.15) is 29.8 Å². The third kappa shape index (κ3) is 4.74. The fourth-order valence-electron chi connectivity index (χ4n) is 2.21. The Hall–Kier alpha value is -2.49. The van der Waals surface area contributed by atoms with E-state index in [1.807, 2.05) is 38.1 Å². The van der Waals surface area contributed by atoms with E-state index in [0.717, 1.165) is 11.3 Å². The molecule has 0 aliphatic rings. The summed E-state index contributed by atoms with van der Waals surface area (Å²) in [4.78, 5) is 12.5. The molecule has 2 aromatic rings. The molecule has 0 aliphatic carbocycles. The van der Waals surface area contributed by atoms with Gasteiger partial charge in [0, 0.05) is 18.1 Å². The topological polar surface area (TPSA) is 44.8 Å². The highest BCUT2D eigenvalue weighted by molar-refractivity contribution is 5.98. The van der Waals surface area contributed by atoms with Gasteiger partial charge in [0.05, 0.1) is 20.3 Å². The molecule has 0 aliphatic heterocycles. The van der Waals surface area contributed by atoms with Crippen LogP contribution < -0.4 is 14.2 Å². The van der Waals surface area contributed by atoms with Crippen LogP contribution in [0.4, 0.5) is 0 Å². The lowest BCUT2D eigenvalue weighted by Gasteiger charge is -2.10. The van der Waals surface area contributed by atoms with Gasteiger partial charge in [-0.2, -0.15) is 0 Å². The van der Waals surface area contributed by atoms with Gasteiger partial charge in [0.1, 0.15) is 17.2 Å². The van der Waals surface area contributed by atoms with E-state index < -0.39 is 0 Å². The third-order valence-corrected chi connectivity index (χ3v) is 3.33. The average Bonchev–Trinajstić information content (AvgIpc) is 2.55. The monoisotopic (exact) mass is 314 g/mol. The molecule has 0 N–H and O–H groups in total. The van der Waals surface area contributed by atoms with E-state index in [0.29, 0.717) is 23.5 Å². The minimum atomic E-state index is 0.0136. The van der Waals surface area contributed by atoms with E-state index >= 15 is 0 Å². The number of carbonyl (C=O) groups is 1. The fraction of sp³-hybridized carbons (Fsp3) is 0.316. The zero-order chi connectivity index (χ0) is 16.8. The molecule has 0 atom stereocenters. The molecule has 2 rings (SSSR count). The summed E-state index contributed by atoms with van der Waals surface area (Å²) >= 11 is 0. The first-order valence-corrected chi connectivity index (χ1v) is 7.53. The molecule has 0 spiro atoms. The summed E-state index contributed by atoms with van der Waals surface area (Å²) in [5, 5.41) is 0.